The van der Waals surface area contributed by atoms with E-state index in [1.54, 1.807) is 6.92 Å². The molecule has 0 saturated heterocycles. The van der Waals surface area contributed by atoms with Gasteiger partial charge in [-0.15, -0.1) is 0 Å². The fourth-order valence-electron chi connectivity index (χ4n) is 2.80. The molecule has 0 radical (unpaired) electrons. The van der Waals surface area contributed by atoms with Crippen molar-refractivity contribution < 1.29 is 26.4 Å². The van der Waals surface area contributed by atoms with E-state index >= 15 is 0 Å². The molecule has 9 heteroatoms. The zero-order valence-electron chi connectivity index (χ0n) is 13.7. The van der Waals surface area contributed by atoms with E-state index in [1.807, 2.05) is 0 Å². The van der Waals surface area contributed by atoms with E-state index in [0.29, 0.717) is 11.3 Å². The molecule has 0 saturated carbocycles. The number of anilines is 2. The molecule has 0 bridgehead atoms. The van der Waals surface area contributed by atoms with Gasteiger partial charge in [0.15, 0.2) is 0 Å². The average Bonchev–Trinajstić information content (AvgIpc) is 2.94. The predicted octanol–water partition coefficient (Wildman–Crippen LogP) is 3.42. The molecule has 2 aromatic rings. The number of carbonyl (C=O) groups is 1. The van der Waals surface area contributed by atoms with Gasteiger partial charge in [0, 0.05) is 12.2 Å². The van der Waals surface area contributed by atoms with Crippen molar-refractivity contribution in [3.8, 4) is 0 Å². The number of nitrogens with one attached hydrogen (secondary N) is 1. The van der Waals surface area contributed by atoms with Crippen LogP contribution in [0.4, 0.5) is 24.5 Å². The molecular formula is C17H15F3N2O3S. The minimum absolute atomic E-state index is 0.0190. The molecule has 5 nitrogen and oxygen atoms in total. The van der Waals surface area contributed by atoms with Gasteiger partial charge in [0.1, 0.15) is 0 Å². The summed E-state index contributed by atoms with van der Waals surface area (Å²) in [5.74, 6) is -0.218. The third-order valence-electron chi connectivity index (χ3n) is 4.06. The van der Waals surface area contributed by atoms with Crippen LogP contribution in [0, 0.1) is 0 Å². The number of amides is 1. The number of sulfonamides is 1. The Balaban J connectivity index is 1.97. The summed E-state index contributed by atoms with van der Waals surface area (Å²) in [5.41, 5.74) is 0.415. The van der Waals surface area contributed by atoms with Crippen LogP contribution in [0.1, 0.15) is 18.1 Å². The standard InChI is InChI=1S/C17H15F3N2O3S/c1-2-22(13-5-3-12(4-6-13)17(18,19)20)26(24,25)14-7-8-15-11(9-14)10-16(23)21-15/h3-9H,2,10H2,1H3,(H,21,23). The summed E-state index contributed by atoms with van der Waals surface area (Å²) >= 11 is 0. The van der Waals surface area contributed by atoms with Gasteiger partial charge in [0.05, 0.1) is 22.6 Å². The largest absolute Gasteiger partial charge is 0.416 e. The van der Waals surface area contributed by atoms with E-state index in [9.17, 15) is 26.4 Å². The summed E-state index contributed by atoms with van der Waals surface area (Å²) in [6.45, 7) is 1.63. The Labute approximate surface area is 148 Å². The van der Waals surface area contributed by atoms with Gasteiger partial charge in [-0.1, -0.05) is 0 Å². The summed E-state index contributed by atoms with van der Waals surface area (Å²) < 4.78 is 65.0. The molecule has 2 aromatic carbocycles. The molecule has 26 heavy (non-hydrogen) atoms. The van der Waals surface area contributed by atoms with Crippen LogP contribution in [0.5, 0.6) is 0 Å². The van der Waals surface area contributed by atoms with Gasteiger partial charge >= 0.3 is 6.18 Å². The Morgan fingerprint density at radius 1 is 1.12 bits per heavy atom. The van der Waals surface area contributed by atoms with Crippen LogP contribution in [0.2, 0.25) is 0 Å². The van der Waals surface area contributed by atoms with Crippen molar-refractivity contribution in [2.75, 3.05) is 16.2 Å². The number of carbonyl (C=O) groups excluding carboxylic acids is 1. The number of hydrogen-bond acceptors (Lipinski definition) is 3. The Hall–Kier alpha value is -2.55. The molecule has 1 aliphatic heterocycles. The Bertz CT molecular complexity index is 954. The molecule has 0 unspecified atom stereocenters. The van der Waals surface area contributed by atoms with E-state index < -0.39 is 21.8 Å². The topological polar surface area (TPSA) is 66.5 Å². The van der Waals surface area contributed by atoms with Crippen LogP contribution in [0.15, 0.2) is 47.4 Å². The van der Waals surface area contributed by atoms with E-state index in [1.165, 1.54) is 18.2 Å². The molecule has 0 fully saturated rings. The van der Waals surface area contributed by atoms with Gasteiger partial charge in [-0.05, 0) is 55.0 Å². The van der Waals surface area contributed by atoms with Crippen LogP contribution >= 0.6 is 0 Å². The highest BCUT2D eigenvalue weighted by molar-refractivity contribution is 7.92. The van der Waals surface area contributed by atoms with Crippen molar-refractivity contribution in [3.05, 3.63) is 53.6 Å². The molecule has 1 amide bonds. The lowest BCUT2D eigenvalue weighted by atomic mass is 10.2. The minimum Gasteiger partial charge on any atom is -0.326 e. The summed E-state index contributed by atoms with van der Waals surface area (Å²) in [7, 11) is -3.98. The fourth-order valence-corrected chi connectivity index (χ4v) is 4.33. The maximum Gasteiger partial charge on any atom is 0.416 e. The molecule has 1 heterocycles. The number of fused-ring (bicyclic) bond motifs is 1. The highest BCUT2D eigenvalue weighted by Crippen LogP contribution is 2.33. The lowest BCUT2D eigenvalue weighted by Crippen LogP contribution is -2.30. The lowest BCUT2D eigenvalue weighted by molar-refractivity contribution is -0.137. The van der Waals surface area contributed by atoms with Crippen molar-refractivity contribution in [2.45, 2.75) is 24.4 Å². The number of nitrogens with zero attached hydrogens (tertiary/aromatic N) is 1. The van der Waals surface area contributed by atoms with Crippen LogP contribution < -0.4 is 9.62 Å². The van der Waals surface area contributed by atoms with Gasteiger partial charge < -0.3 is 5.32 Å². The number of hydrogen-bond donors (Lipinski definition) is 1. The number of benzene rings is 2. The van der Waals surface area contributed by atoms with E-state index in [2.05, 4.69) is 5.32 Å². The summed E-state index contributed by atoms with van der Waals surface area (Å²) in [4.78, 5) is 11.4. The predicted molar refractivity (Wildman–Crippen MR) is 90.4 cm³/mol. The molecule has 1 aliphatic rings. The Kier molecular flexibility index (Phi) is 4.43. The maximum atomic E-state index is 12.9. The second-order valence-corrected chi connectivity index (χ2v) is 7.62. The third kappa shape index (κ3) is 3.26. The van der Waals surface area contributed by atoms with Gasteiger partial charge in [-0.25, -0.2) is 8.42 Å². The fraction of sp³-hybridized carbons (Fsp3) is 0.235. The Morgan fingerprint density at radius 2 is 1.77 bits per heavy atom. The van der Waals surface area contributed by atoms with Crippen molar-refractivity contribution in [2.24, 2.45) is 0 Å². The first kappa shape index (κ1) is 18.2. The van der Waals surface area contributed by atoms with Crippen molar-refractivity contribution >= 4 is 27.3 Å². The maximum absolute atomic E-state index is 12.9. The van der Waals surface area contributed by atoms with E-state index in [-0.39, 0.29) is 29.5 Å². The first-order chi connectivity index (χ1) is 12.1. The van der Waals surface area contributed by atoms with Crippen molar-refractivity contribution in [3.63, 3.8) is 0 Å². The van der Waals surface area contributed by atoms with Crippen molar-refractivity contribution in [1.82, 2.24) is 0 Å². The van der Waals surface area contributed by atoms with Gasteiger partial charge in [-0.3, -0.25) is 9.10 Å². The molecule has 0 spiro atoms. The number of rotatable bonds is 4. The quantitative estimate of drug-likeness (QED) is 0.879. The van der Waals surface area contributed by atoms with E-state index in [0.717, 1.165) is 28.6 Å². The molecule has 0 atom stereocenters. The number of halogens is 3. The zero-order valence-corrected chi connectivity index (χ0v) is 14.5. The molecule has 138 valence electrons. The molecule has 3 rings (SSSR count). The van der Waals surface area contributed by atoms with Crippen LogP contribution in [0.25, 0.3) is 0 Å². The summed E-state index contributed by atoms with van der Waals surface area (Å²) in [6, 6.07) is 8.23. The highest BCUT2D eigenvalue weighted by Gasteiger charge is 2.31. The second kappa shape index (κ2) is 6.31. The number of alkyl halides is 3. The summed E-state index contributed by atoms with van der Waals surface area (Å²) in [5, 5.41) is 2.62. The molecular weight excluding hydrogens is 369 g/mol. The molecule has 0 aromatic heterocycles. The smallest absolute Gasteiger partial charge is 0.326 e. The SMILES string of the molecule is CCN(c1ccc(C(F)(F)F)cc1)S(=O)(=O)c1ccc2c(c1)CC(=O)N2. The van der Waals surface area contributed by atoms with Crippen LogP contribution in [-0.2, 0) is 27.4 Å². The first-order valence-corrected chi connectivity index (χ1v) is 9.19. The molecule has 1 N–H and O–H groups in total. The zero-order chi connectivity index (χ0) is 19.1. The van der Waals surface area contributed by atoms with Gasteiger partial charge in [-0.2, -0.15) is 13.2 Å². The monoisotopic (exact) mass is 384 g/mol. The third-order valence-corrected chi connectivity index (χ3v) is 5.96. The molecule has 0 aliphatic carbocycles. The van der Waals surface area contributed by atoms with Gasteiger partial charge in [0.2, 0.25) is 5.91 Å². The first-order valence-electron chi connectivity index (χ1n) is 7.75. The normalized spacial score (nSPS) is 14.1. The van der Waals surface area contributed by atoms with E-state index in [4.69, 9.17) is 0 Å². The average molecular weight is 384 g/mol. The van der Waals surface area contributed by atoms with Gasteiger partial charge in [0.25, 0.3) is 10.0 Å². The van der Waals surface area contributed by atoms with Crippen LogP contribution in [0.3, 0.4) is 0 Å². The minimum atomic E-state index is -4.49. The lowest BCUT2D eigenvalue weighted by Gasteiger charge is -2.23. The second-order valence-electron chi connectivity index (χ2n) is 5.76. The summed E-state index contributed by atoms with van der Waals surface area (Å²) in [6.07, 6.45) is -4.40. The highest BCUT2D eigenvalue weighted by atomic mass is 32.2. The van der Waals surface area contributed by atoms with Crippen LogP contribution in [-0.4, -0.2) is 20.9 Å². The van der Waals surface area contributed by atoms with Crippen molar-refractivity contribution in [1.29, 1.82) is 0 Å². The Morgan fingerprint density at radius 3 is 2.35 bits per heavy atom.